The van der Waals surface area contributed by atoms with Crippen molar-refractivity contribution in [2.24, 2.45) is 5.73 Å². The maximum absolute atomic E-state index is 13.8. The lowest BCUT2D eigenvalue weighted by molar-refractivity contribution is -0.125. The Morgan fingerprint density at radius 3 is 2.39 bits per heavy atom. The summed E-state index contributed by atoms with van der Waals surface area (Å²) in [6.45, 7) is 4.10. The van der Waals surface area contributed by atoms with Gasteiger partial charge < -0.3 is 16.0 Å². The van der Waals surface area contributed by atoms with Gasteiger partial charge in [0.1, 0.15) is 6.04 Å². The number of hydrogen-bond donors (Lipinski definition) is 2. The van der Waals surface area contributed by atoms with E-state index in [1.807, 2.05) is 42.2 Å². The van der Waals surface area contributed by atoms with Crippen molar-refractivity contribution in [3.05, 3.63) is 93.7 Å². The predicted octanol–water partition coefficient (Wildman–Crippen LogP) is 4.73. The van der Waals surface area contributed by atoms with Crippen molar-refractivity contribution in [3.63, 3.8) is 0 Å². The highest BCUT2D eigenvalue weighted by Crippen LogP contribution is 2.29. The molecule has 0 spiro atoms. The highest BCUT2D eigenvalue weighted by Gasteiger charge is 2.42. The first-order chi connectivity index (χ1) is 18.5. The molecule has 3 aromatic rings. The van der Waals surface area contributed by atoms with E-state index in [4.69, 9.17) is 5.73 Å². The second-order valence-electron chi connectivity index (χ2n) is 10.8. The lowest BCUT2D eigenvalue weighted by Gasteiger charge is -2.30. The van der Waals surface area contributed by atoms with E-state index in [2.05, 4.69) is 52.0 Å². The number of nitrogens with zero attached hydrogens (tertiary/aromatic N) is 2. The van der Waals surface area contributed by atoms with Crippen LogP contribution in [0.3, 0.4) is 0 Å². The van der Waals surface area contributed by atoms with Crippen molar-refractivity contribution in [1.29, 1.82) is 0 Å². The summed E-state index contributed by atoms with van der Waals surface area (Å²) in [5.41, 5.74) is 9.05. The van der Waals surface area contributed by atoms with E-state index in [1.165, 1.54) is 10.4 Å². The second kappa shape index (κ2) is 12.2. The second-order valence-corrected chi connectivity index (χ2v) is 11.9. The van der Waals surface area contributed by atoms with Crippen molar-refractivity contribution < 1.29 is 9.59 Å². The molecule has 6 nitrogen and oxygen atoms in total. The number of nitrogens with one attached hydrogen (secondary N) is 1. The normalized spacial score (nSPS) is 23.5. The van der Waals surface area contributed by atoms with Crippen LogP contribution in [0.25, 0.3) is 0 Å². The molecule has 2 heterocycles. The zero-order valence-electron chi connectivity index (χ0n) is 22.1. The Morgan fingerprint density at radius 2 is 1.71 bits per heavy atom. The van der Waals surface area contributed by atoms with Gasteiger partial charge in [-0.3, -0.25) is 14.5 Å². The Balaban J connectivity index is 1.39. The van der Waals surface area contributed by atoms with Crippen LogP contribution < -0.4 is 11.1 Å². The topological polar surface area (TPSA) is 78.7 Å². The van der Waals surface area contributed by atoms with Crippen molar-refractivity contribution in [2.45, 2.75) is 76.3 Å². The Kier molecular flexibility index (Phi) is 8.57. The lowest BCUT2D eigenvalue weighted by atomic mass is 9.91. The molecule has 2 atom stereocenters. The van der Waals surface area contributed by atoms with Gasteiger partial charge in [-0.1, -0.05) is 54.1 Å². The molecular weight excluding hydrogens is 492 g/mol. The highest BCUT2D eigenvalue weighted by molar-refractivity contribution is 7.09. The SMILES string of the molecule is Cc1ccc(C(=O)N2CC(N(Cc3ccccc3)Cc3cccs3)CC2C(=O)NC2CCC(N)CC2)cc1. The number of likely N-dealkylation sites (tertiary alicyclic amines) is 1. The van der Waals surface area contributed by atoms with Crippen LogP contribution in [0.4, 0.5) is 0 Å². The van der Waals surface area contributed by atoms with E-state index in [0.717, 1.165) is 44.3 Å². The zero-order chi connectivity index (χ0) is 26.5. The van der Waals surface area contributed by atoms with E-state index >= 15 is 0 Å². The molecule has 1 aliphatic carbocycles. The average molecular weight is 531 g/mol. The molecule has 3 N–H and O–H groups in total. The lowest BCUT2D eigenvalue weighted by Crippen LogP contribution is -2.50. The van der Waals surface area contributed by atoms with Crippen LogP contribution in [-0.4, -0.2) is 52.3 Å². The van der Waals surface area contributed by atoms with Crippen LogP contribution in [0, 0.1) is 6.92 Å². The number of carbonyl (C=O) groups excluding carboxylic acids is 2. The number of aryl methyl sites for hydroxylation is 1. The summed E-state index contributed by atoms with van der Waals surface area (Å²) >= 11 is 1.74. The Bertz CT molecular complexity index is 1190. The van der Waals surface area contributed by atoms with Gasteiger partial charge >= 0.3 is 0 Å². The number of amides is 2. The molecule has 2 aromatic carbocycles. The Hall–Kier alpha value is -3.00. The zero-order valence-corrected chi connectivity index (χ0v) is 22.9. The van der Waals surface area contributed by atoms with Gasteiger partial charge in [0, 0.05) is 48.2 Å². The minimum Gasteiger partial charge on any atom is -0.352 e. The average Bonchev–Trinajstić information content (AvgIpc) is 3.61. The molecule has 1 saturated carbocycles. The fourth-order valence-electron chi connectivity index (χ4n) is 5.71. The molecule has 7 heteroatoms. The van der Waals surface area contributed by atoms with Crippen LogP contribution in [0.5, 0.6) is 0 Å². The number of thiophene rings is 1. The van der Waals surface area contributed by atoms with Gasteiger partial charge in [-0.05, 0) is 68.2 Å². The summed E-state index contributed by atoms with van der Waals surface area (Å²) in [4.78, 5) is 33.0. The van der Waals surface area contributed by atoms with E-state index in [1.54, 1.807) is 11.3 Å². The molecule has 38 heavy (non-hydrogen) atoms. The molecule has 5 rings (SSSR count). The monoisotopic (exact) mass is 530 g/mol. The van der Waals surface area contributed by atoms with E-state index < -0.39 is 6.04 Å². The standard InChI is InChI=1S/C31H38N4O2S/c1-22-9-11-24(12-10-22)31(37)35-20-27(18-29(35)30(36)33-26-15-13-25(32)14-16-26)34(21-28-8-5-17-38-28)19-23-6-3-2-4-7-23/h2-12,17,25-27,29H,13-16,18-21,32H2,1H3,(H,33,36). The van der Waals surface area contributed by atoms with Gasteiger partial charge in [0.05, 0.1) is 0 Å². The van der Waals surface area contributed by atoms with Gasteiger partial charge in [0.25, 0.3) is 5.91 Å². The van der Waals surface area contributed by atoms with Gasteiger partial charge in [-0.2, -0.15) is 0 Å². The van der Waals surface area contributed by atoms with Crippen LogP contribution in [0.2, 0.25) is 0 Å². The van der Waals surface area contributed by atoms with Crippen LogP contribution in [-0.2, 0) is 17.9 Å². The highest BCUT2D eigenvalue weighted by atomic mass is 32.1. The third-order valence-corrected chi connectivity index (χ3v) is 8.80. The molecular formula is C31H38N4O2S. The molecule has 1 aliphatic heterocycles. The molecule has 0 bridgehead atoms. The molecule has 0 radical (unpaired) electrons. The first-order valence-electron chi connectivity index (χ1n) is 13.7. The third kappa shape index (κ3) is 6.52. The Labute approximate surface area is 229 Å². The number of hydrogen-bond acceptors (Lipinski definition) is 5. The van der Waals surface area contributed by atoms with Crippen LogP contribution >= 0.6 is 11.3 Å². The van der Waals surface area contributed by atoms with Crippen LogP contribution in [0.15, 0.2) is 72.1 Å². The number of benzene rings is 2. The summed E-state index contributed by atoms with van der Waals surface area (Å²) in [5.74, 6) is -0.113. The Morgan fingerprint density at radius 1 is 0.974 bits per heavy atom. The molecule has 2 fully saturated rings. The fourth-order valence-corrected chi connectivity index (χ4v) is 6.44. The minimum absolute atomic E-state index is 0.0378. The predicted molar refractivity (Wildman–Crippen MR) is 153 cm³/mol. The fraction of sp³-hybridized carbons (Fsp3) is 0.419. The van der Waals surface area contributed by atoms with E-state index in [9.17, 15) is 9.59 Å². The molecule has 2 amide bonds. The van der Waals surface area contributed by atoms with Gasteiger partial charge in [-0.25, -0.2) is 0 Å². The first-order valence-corrected chi connectivity index (χ1v) is 14.6. The summed E-state index contributed by atoms with van der Waals surface area (Å²) < 4.78 is 0. The van der Waals surface area contributed by atoms with Gasteiger partial charge in [-0.15, -0.1) is 11.3 Å². The number of rotatable bonds is 8. The van der Waals surface area contributed by atoms with Crippen LogP contribution in [0.1, 0.15) is 58.5 Å². The number of carbonyl (C=O) groups is 2. The van der Waals surface area contributed by atoms with Crippen molar-refractivity contribution >= 4 is 23.2 Å². The summed E-state index contributed by atoms with van der Waals surface area (Å²) in [6, 6.07) is 22.3. The maximum atomic E-state index is 13.8. The smallest absolute Gasteiger partial charge is 0.254 e. The largest absolute Gasteiger partial charge is 0.352 e. The van der Waals surface area contributed by atoms with E-state index in [-0.39, 0.29) is 29.9 Å². The van der Waals surface area contributed by atoms with Crippen molar-refractivity contribution in [3.8, 4) is 0 Å². The summed E-state index contributed by atoms with van der Waals surface area (Å²) in [5, 5.41) is 5.38. The third-order valence-electron chi connectivity index (χ3n) is 7.94. The van der Waals surface area contributed by atoms with Crippen molar-refractivity contribution in [2.75, 3.05) is 6.54 Å². The maximum Gasteiger partial charge on any atom is 0.254 e. The first kappa shape index (κ1) is 26.6. The molecule has 1 aromatic heterocycles. The minimum atomic E-state index is -0.494. The van der Waals surface area contributed by atoms with E-state index in [0.29, 0.717) is 18.5 Å². The molecule has 1 saturated heterocycles. The van der Waals surface area contributed by atoms with Gasteiger partial charge in [0.15, 0.2) is 0 Å². The summed E-state index contributed by atoms with van der Waals surface area (Å²) in [7, 11) is 0. The molecule has 2 aliphatic rings. The van der Waals surface area contributed by atoms with Gasteiger partial charge in [0.2, 0.25) is 5.91 Å². The summed E-state index contributed by atoms with van der Waals surface area (Å²) in [6.07, 6.45) is 4.26. The molecule has 2 unspecified atom stereocenters. The quantitative estimate of drug-likeness (QED) is 0.442. The van der Waals surface area contributed by atoms with Crippen molar-refractivity contribution in [1.82, 2.24) is 15.1 Å². The molecule has 200 valence electrons. The number of nitrogens with two attached hydrogens (primary N) is 1.